The minimum absolute atomic E-state index is 0.0591. The lowest BCUT2D eigenvalue weighted by molar-refractivity contribution is -0.139. The standard InChI is InChI=1S/C29H28BrNO6/c1-4-37-22-12-8-19(9-13-22)26-25(27(32)20-6-10-21(30)11-7-20)28(33)29(34)31(26)16-15-18-5-14-23(35-2)24(17-18)36-3/h5-14,17,26,32H,4,15-16H2,1-3H3. The summed E-state index contributed by atoms with van der Waals surface area (Å²) < 4.78 is 17.1. The van der Waals surface area contributed by atoms with Crippen LogP contribution in [0.15, 0.2) is 76.8 Å². The van der Waals surface area contributed by atoms with Gasteiger partial charge in [-0.15, -0.1) is 0 Å². The van der Waals surface area contributed by atoms with Crippen LogP contribution in [0.2, 0.25) is 0 Å². The van der Waals surface area contributed by atoms with Gasteiger partial charge in [0.25, 0.3) is 11.7 Å². The second-order valence-electron chi connectivity index (χ2n) is 8.44. The Hall–Kier alpha value is -3.78. The van der Waals surface area contributed by atoms with Crippen LogP contribution in [0.25, 0.3) is 5.76 Å². The first-order valence-corrected chi connectivity index (χ1v) is 12.6. The highest BCUT2D eigenvalue weighted by Gasteiger charge is 2.45. The maximum Gasteiger partial charge on any atom is 0.295 e. The van der Waals surface area contributed by atoms with E-state index in [4.69, 9.17) is 14.2 Å². The number of hydrogen-bond donors (Lipinski definition) is 1. The summed E-state index contributed by atoms with van der Waals surface area (Å²) in [5.41, 5.74) is 2.13. The van der Waals surface area contributed by atoms with E-state index in [2.05, 4.69) is 15.9 Å². The first-order valence-electron chi connectivity index (χ1n) is 11.9. The van der Waals surface area contributed by atoms with Gasteiger partial charge in [-0.2, -0.15) is 0 Å². The number of methoxy groups -OCH3 is 2. The number of nitrogens with zero attached hydrogens (tertiary/aromatic N) is 1. The van der Waals surface area contributed by atoms with E-state index >= 15 is 0 Å². The Morgan fingerprint density at radius 2 is 1.62 bits per heavy atom. The predicted octanol–water partition coefficient (Wildman–Crippen LogP) is 5.53. The molecular formula is C29H28BrNO6. The van der Waals surface area contributed by atoms with Crippen molar-refractivity contribution < 1.29 is 28.9 Å². The lowest BCUT2D eigenvalue weighted by atomic mass is 9.95. The van der Waals surface area contributed by atoms with Crippen LogP contribution in [0, 0.1) is 0 Å². The van der Waals surface area contributed by atoms with Crippen LogP contribution in [-0.2, 0) is 16.0 Å². The molecule has 1 saturated heterocycles. The normalized spacial score (nSPS) is 16.6. The molecule has 192 valence electrons. The van der Waals surface area contributed by atoms with Crippen LogP contribution in [0.5, 0.6) is 17.2 Å². The number of aliphatic hydroxyl groups is 1. The van der Waals surface area contributed by atoms with Crippen LogP contribution >= 0.6 is 15.9 Å². The molecule has 37 heavy (non-hydrogen) atoms. The van der Waals surface area contributed by atoms with Gasteiger partial charge in [0, 0.05) is 16.6 Å². The van der Waals surface area contributed by atoms with Gasteiger partial charge in [0.2, 0.25) is 0 Å². The van der Waals surface area contributed by atoms with Gasteiger partial charge in [0.05, 0.1) is 32.4 Å². The van der Waals surface area contributed by atoms with Gasteiger partial charge in [-0.1, -0.05) is 46.3 Å². The number of benzene rings is 3. The summed E-state index contributed by atoms with van der Waals surface area (Å²) in [4.78, 5) is 28.0. The predicted molar refractivity (Wildman–Crippen MR) is 144 cm³/mol. The Labute approximate surface area is 224 Å². The average molecular weight is 566 g/mol. The number of carbonyl (C=O) groups is 2. The van der Waals surface area contributed by atoms with E-state index in [1.165, 1.54) is 4.90 Å². The lowest BCUT2D eigenvalue weighted by Gasteiger charge is -2.25. The number of amides is 1. The molecule has 1 aliphatic heterocycles. The van der Waals surface area contributed by atoms with Gasteiger partial charge >= 0.3 is 0 Å². The topological polar surface area (TPSA) is 85.3 Å². The van der Waals surface area contributed by atoms with E-state index in [0.29, 0.717) is 41.4 Å². The number of likely N-dealkylation sites (tertiary alicyclic amines) is 1. The number of Topliss-reactive ketones (excluding diaryl/α,β-unsaturated/α-hetero) is 1. The Kier molecular flexibility index (Phi) is 8.18. The third-order valence-electron chi connectivity index (χ3n) is 6.25. The van der Waals surface area contributed by atoms with Crippen molar-refractivity contribution in [1.82, 2.24) is 4.90 Å². The molecule has 1 N–H and O–H groups in total. The zero-order chi connectivity index (χ0) is 26.5. The molecule has 1 unspecified atom stereocenters. The van der Waals surface area contributed by atoms with Gasteiger partial charge in [-0.05, 0) is 60.9 Å². The van der Waals surface area contributed by atoms with Crippen molar-refractivity contribution >= 4 is 33.4 Å². The zero-order valence-electron chi connectivity index (χ0n) is 20.9. The van der Waals surface area contributed by atoms with Crippen molar-refractivity contribution in [2.75, 3.05) is 27.4 Å². The van der Waals surface area contributed by atoms with Crippen molar-refractivity contribution in [1.29, 1.82) is 0 Å². The van der Waals surface area contributed by atoms with Crippen LogP contribution in [0.3, 0.4) is 0 Å². The van der Waals surface area contributed by atoms with Gasteiger partial charge in [0.1, 0.15) is 11.5 Å². The zero-order valence-corrected chi connectivity index (χ0v) is 22.4. The Bertz CT molecular complexity index is 1320. The largest absolute Gasteiger partial charge is 0.507 e. The molecule has 4 rings (SSSR count). The van der Waals surface area contributed by atoms with Crippen molar-refractivity contribution in [2.45, 2.75) is 19.4 Å². The second-order valence-corrected chi connectivity index (χ2v) is 9.36. The van der Waals surface area contributed by atoms with E-state index in [9.17, 15) is 14.7 Å². The average Bonchev–Trinajstić information content (AvgIpc) is 3.17. The fraction of sp³-hybridized carbons (Fsp3) is 0.241. The summed E-state index contributed by atoms with van der Waals surface area (Å²) in [6.45, 7) is 2.68. The summed E-state index contributed by atoms with van der Waals surface area (Å²) in [6.07, 6.45) is 0.471. The van der Waals surface area contributed by atoms with Crippen LogP contribution in [-0.4, -0.2) is 49.1 Å². The minimum Gasteiger partial charge on any atom is -0.507 e. The van der Waals surface area contributed by atoms with Crippen LogP contribution in [0.4, 0.5) is 0 Å². The number of halogens is 1. The maximum absolute atomic E-state index is 13.3. The highest BCUT2D eigenvalue weighted by atomic mass is 79.9. The van der Waals surface area contributed by atoms with Gasteiger partial charge in [0.15, 0.2) is 11.5 Å². The molecule has 1 aliphatic rings. The molecule has 0 radical (unpaired) electrons. The third kappa shape index (κ3) is 5.49. The van der Waals surface area contributed by atoms with Gasteiger partial charge < -0.3 is 24.2 Å². The lowest BCUT2D eigenvalue weighted by Crippen LogP contribution is -2.31. The van der Waals surface area contributed by atoms with Crippen molar-refractivity contribution in [2.24, 2.45) is 0 Å². The highest BCUT2D eigenvalue weighted by Crippen LogP contribution is 2.40. The van der Waals surface area contributed by atoms with Crippen LogP contribution < -0.4 is 14.2 Å². The van der Waals surface area contributed by atoms with E-state index in [0.717, 1.165) is 10.0 Å². The molecule has 0 aromatic heterocycles. The smallest absolute Gasteiger partial charge is 0.295 e. The first kappa shape index (κ1) is 26.3. The molecule has 3 aromatic rings. The van der Waals surface area contributed by atoms with Crippen molar-refractivity contribution in [3.8, 4) is 17.2 Å². The fourth-order valence-corrected chi connectivity index (χ4v) is 4.68. The monoisotopic (exact) mass is 565 g/mol. The van der Waals surface area contributed by atoms with E-state index < -0.39 is 17.7 Å². The summed E-state index contributed by atoms with van der Waals surface area (Å²) in [5, 5.41) is 11.2. The van der Waals surface area contributed by atoms with E-state index in [-0.39, 0.29) is 17.9 Å². The molecule has 3 aromatic carbocycles. The molecular weight excluding hydrogens is 538 g/mol. The molecule has 7 nitrogen and oxygen atoms in total. The fourth-order valence-electron chi connectivity index (χ4n) is 4.42. The summed E-state index contributed by atoms with van der Waals surface area (Å²) in [7, 11) is 3.13. The number of hydrogen-bond acceptors (Lipinski definition) is 6. The number of ketones is 1. The molecule has 0 aliphatic carbocycles. The molecule has 1 fully saturated rings. The third-order valence-corrected chi connectivity index (χ3v) is 6.78. The molecule has 0 bridgehead atoms. The SMILES string of the molecule is CCOc1ccc(C2C(=C(O)c3ccc(Br)cc3)C(=O)C(=O)N2CCc2ccc(OC)c(OC)c2)cc1. The maximum atomic E-state index is 13.3. The number of carbonyl (C=O) groups excluding carboxylic acids is 2. The number of ether oxygens (including phenoxy) is 3. The van der Waals surface area contributed by atoms with Crippen LogP contribution in [0.1, 0.15) is 29.7 Å². The van der Waals surface area contributed by atoms with Crippen molar-refractivity contribution in [3.05, 3.63) is 93.5 Å². The molecule has 1 heterocycles. The number of aliphatic hydroxyl groups excluding tert-OH is 1. The molecule has 0 saturated carbocycles. The number of rotatable bonds is 9. The van der Waals surface area contributed by atoms with E-state index in [1.807, 2.05) is 31.2 Å². The molecule has 8 heteroatoms. The van der Waals surface area contributed by atoms with Crippen molar-refractivity contribution in [3.63, 3.8) is 0 Å². The molecule has 0 spiro atoms. The summed E-state index contributed by atoms with van der Waals surface area (Å²) in [5.74, 6) is 0.292. The first-order chi connectivity index (χ1) is 17.9. The second kappa shape index (κ2) is 11.5. The summed E-state index contributed by atoms with van der Waals surface area (Å²) in [6, 6.07) is 19.0. The Morgan fingerprint density at radius 1 is 0.946 bits per heavy atom. The quantitative estimate of drug-likeness (QED) is 0.208. The minimum atomic E-state index is -0.750. The highest BCUT2D eigenvalue weighted by molar-refractivity contribution is 9.10. The van der Waals surface area contributed by atoms with Gasteiger partial charge in [-0.3, -0.25) is 9.59 Å². The molecule has 1 atom stereocenters. The molecule has 1 amide bonds. The van der Waals surface area contributed by atoms with E-state index in [1.54, 1.807) is 56.7 Å². The summed E-state index contributed by atoms with van der Waals surface area (Å²) >= 11 is 3.38. The Balaban J connectivity index is 1.73. The van der Waals surface area contributed by atoms with Gasteiger partial charge in [-0.25, -0.2) is 0 Å². The Morgan fingerprint density at radius 3 is 2.24 bits per heavy atom.